The summed E-state index contributed by atoms with van der Waals surface area (Å²) in [5.74, 6) is -1.11. The van der Waals surface area contributed by atoms with Crippen molar-refractivity contribution in [1.82, 2.24) is 4.90 Å². The monoisotopic (exact) mass is 233 g/mol. The Morgan fingerprint density at radius 1 is 1.31 bits per heavy atom. The average molecular weight is 233 g/mol. The number of carboxylic acid groups (broad SMARTS) is 1. The average Bonchev–Trinajstić information content (AvgIpc) is 2.25. The van der Waals surface area contributed by atoms with Crippen LogP contribution in [-0.2, 0) is 19.1 Å². The molecular weight excluding hydrogens is 214 g/mol. The molecule has 0 saturated carbocycles. The number of amides is 1. The SMILES string of the molecule is CCN(CCC(=O)O)C(=O)COCCOC. The molecule has 0 aromatic heterocycles. The number of ether oxygens (including phenoxy) is 2. The summed E-state index contributed by atoms with van der Waals surface area (Å²) < 4.78 is 9.82. The fourth-order valence-electron chi connectivity index (χ4n) is 1.08. The number of likely N-dealkylation sites (N-methyl/N-ethyl adjacent to an activating group) is 1. The lowest BCUT2D eigenvalue weighted by Crippen LogP contribution is -2.35. The normalized spacial score (nSPS) is 10.1. The lowest BCUT2D eigenvalue weighted by atomic mass is 10.3. The second-order valence-corrected chi connectivity index (χ2v) is 3.16. The molecule has 0 saturated heterocycles. The smallest absolute Gasteiger partial charge is 0.305 e. The van der Waals surface area contributed by atoms with Crippen LogP contribution >= 0.6 is 0 Å². The lowest BCUT2D eigenvalue weighted by molar-refractivity contribution is -0.140. The summed E-state index contributed by atoms with van der Waals surface area (Å²) in [5, 5.41) is 8.50. The number of carbonyl (C=O) groups excluding carboxylic acids is 1. The second-order valence-electron chi connectivity index (χ2n) is 3.16. The van der Waals surface area contributed by atoms with Crippen molar-refractivity contribution in [3.63, 3.8) is 0 Å². The number of aliphatic carboxylic acids is 1. The van der Waals surface area contributed by atoms with Crippen LogP contribution in [0.15, 0.2) is 0 Å². The summed E-state index contributed by atoms with van der Waals surface area (Å²) in [7, 11) is 1.55. The number of rotatable bonds is 9. The first kappa shape index (κ1) is 14.9. The maximum atomic E-state index is 11.5. The molecule has 1 N–H and O–H groups in total. The fraction of sp³-hybridized carbons (Fsp3) is 0.800. The summed E-state index contributed by atoms with van der Waals surface area (Å²) in [6.07, 6.45) is -0.0440. The summed E-state index contributed by atoms with van der Waals surface area (Å²) in [6.45, 7) is 3.27. The van der Waals surface area contributed by atoms with Crippen molar-refractivity contribution in [3.05, 3.63) is 0 Å². The standard InChI is InChI=1S/C10H19NO5/c1-3-11(5-4-10(13)14)9(12)8-16-7-6-15-2/h3-8H2,1-2H3,(H,13,14). The number of carboxylic acids is 1. The van der Waals surface area contributed by atoms with Crippen molar-refractivity contribution in [2.24, 2.45) is 0 Å². The predicted molar refractivity (Wildman–Crippen MR) is 57.2 cm³/mol. The van der Waals surface area contributed by atoms with E-state index >= 15 is 0 Å². The van der Waals surface area contributed by atoms with Gasteiger partial charge in [-0.1, -0.05) is 0 Å². The molecule has 0 bridgehead atoms. The Hall–Kier alpha value is -1.14. The molecule has 0 unspecified atom stereocenters. The maximum Gasteiger partial charge on any atom is 0.305 e. The van der Waals surface area contributed by atoms with Crippen molar-refractivity contribution in [2.75, 3.05) is 40.0 Å². The Bertz CT molecular complexity index is 219. The van der Waals surface area contributed by atoms with E-state index in [1.165, 1.54) is 4.90 Å². The van der Waals surface area contributed by atoms with Crippen LogP contribution in [0.4, 0.5) is 0 Å². The molecule has 0 aliphatic heterocycles. The van der Waals surface area contributed by atoms with E-state index < -0.39 is 5.97 Å². The van der Waals surface area contributed by atoms with Gasteiger partial charge in [0.15, 0.2) is 0 Å². The third kappa shape index (κ3) is 7.19. The number of nitrogens with zero attached hydrogens (tertiary/aromatic N) is 1. The van der Waals surface area contributed by atoms with Crippen LogP contribution in [0.25, 0.3) is 0 Å². The topological polar surface area (TPSA) is 76.1 Å². The van der Waals surface area contributed by atoms with Crippen LogP contribution in [0.1, 0.15) is 13.3 Å². The van der Waals surface area contributed by atoms with Crippen LogP contribution in [0.5, 0.6) is 0 Å². The number of hydrogen-bond donors (Lipinski definition) is 1. The van der Waals surface area contributed by atoms with Gasteiger partial charge in [0, 0.05) is 20.2 Å². The first-order valence-electron chi connectivity index (χ1n) is 5.18. The molecule has 0 atom stereocenters. The minimum atomic E-state index is -0.911. The Labute approximate surface area is 95.1 Å². The minimum absolute atomic E-state index is 0.0309. The molecule has 0 fully saturated rings. The molecule has 1 amide bonds. The fourth-order valence-corrected chi connectivity index (χ4v) is 1.08. The van der Waals surface area contributed by atoms with Gasteiger partial charge >= 0.3 is 5.97 Å². The van der Waals surface area contributed by atoms with E-state index in [0.717, 1.165) is 0 Å². The van der Waals surface area contributed by atoms with Gasteiger partial charge in [0.2, 0.25) is 5.91 Å². The van der Waals surface area contributed by atoms with Crippen molar-refractivity contribution in [2.45, 2.75) is 13.3 Å². The van der Waals surface area contributed by atoms with Crippen molar-refractivity contribution >= 4 is 11.9 Å². The lowest BCUT2D eigenvalue weighted by Gasteiger charge is -2.19. The molecular formula is C10H19NO5. The molecule has 16 heavy (non-hydrogen) atoms. The molecule has 0 spiro atoms. The molecule has 0 rings (SSSR count). The molecule has 0 radical (unpaired) electrons. The number of methoxy groups -OCH3 is 1. The van der Waals surface area contributed by atoms with Gasteiger partial charge in [0.05, 0.1) is 19.6 Å². The van der Waals surface area contributed by atoms with Gasteiger partial charge in [-0.25, -0.2) is 0 Å². The van der Waals surface area contributed by atoms with E-state index in [4.69, 9.17) is 14.6 Å². The van der Waals surface area contributed by atoms with Crippen LogP contribution in [0, 0.1) is 0 Å². The van der Waals surface area contributed by atoms with Gasteiger partial charge in [0.25, 0.3) is 0 Å². The Balaban J connectivity index is 3.77. The van der Waals surface area contributed by atoms with E-state index in [0.29, 0.717) is 19.8 Å². The third-order valence-electron chi connectivity index (χ3n) is 1.99. The zero-order valence-electron chi connectivity index (χ0n) is 9.77. The molecule has 94 valence electrons. The highest BCUT2D eigenvalue weighted by atomic mass is 16.5. The summed E-state index contributed by atoms with van der Waals surface area (Å²) >= 11 is 0. The van der Waals surface area contributed by atoms with E-state index in [1.807, 2.05) is 0 Å². The van der Waals surface area contributed by atoms with E-state index in [1.54, 1.807) is 14.0 Å². The second kappa shape index (κ2) is 9.11. The van der Waals surface area contributed by atoms with Crippen LogP contribution in [0.3, 0.4) is 0 Å². The van der Waals surface area contributed by atoms with Crippen molar-refractivity contribution in [3.8, 4) is 0 Å². The molecule has 0 aromatic rings. The zero-order chi connectivity index (χ0) is 12.4. The highest BCUT2D eigenvalue weighted by Gasteiger charge is 2.12. The van der Waals surface area contributed by atoms with Gasteiger partial charge in [0.1, 0.15) is 6.61 Å². The first-order chi connectivity index (χ1) is 7.61. The van der Waals surface area contributed by atoms with Gasteiger partial charge in [-0.3, -0.25) is 9.59 Å². The maximum absolute atomic E-state index is 11.5. The Morgan fingerprint density at radius 2 is 2.00 bits per heavy atom. The zero-order valence-corrected chi connectivity index (χ0v) is 9.77. The van der Waals surface area contributed by atoms with Crippen LogP contribution in [0.2, 0.25) is 0 Å². The molecule has 6 heteroatoms. The van der Waals surface area contributed by atoms with Gasteiger partial charge < -0.3 is 19.5 Å². The molecule has 6 nitrogen and oxygen atoms in total. The summed E-state index contributed by atoms with van der Waals surface area (Å²) in [5.41, 5.74) is 0. The molecule has 0 aliphatic carbocycles. The quantitative estimate of drug-likeness (QED) is 0.566. The number of hydrogen-bond acceptors (Lipinski definition) is 4. The van der Waals surface area contributed by atoms with Crippen molar-refractivity contribution < 1.29 is 24.2 Å². The third-order valence-corrected chi connectivity index (χ3v) is 1.99. The highest BCUT2D eigenvalue weighted by molar-refractivity contribution is 5.78. The molecule has 0 aromatic carbocycles. The van der Waals surface area contributed by atoms with Gasteiger partial charge in [-0.05, 0) is 6.92 Å². The Kier molecular flexibility index (Phi) is 8.46. The number of carbonyl (C=O) groups is 2. The first-order valence-corrected chi connectivity index (χ1v) is 5.18. The van der Waals surface area contributed by atoms with Gasteiger partial charge in [-0.2, -0.15) is 0 Å². The van der Waals surface area contributed by atoms with Crippen LogP contribution < -0.4 is 0 Å². The Morgan fingerprint density at radius 3 is 2.50 bits per heavy atom. The molecule has 0 heterocycles. The van der Waals surface area contributed by atoms with Crippen LogP contribution in [-0.4, -0.2) is 61.9 Å². The van der Waals surface area contributed by atoms with Gasteiger partial charge in [-0.15, -0.1) is 0 Å². The van der Waals surface area contributed by atoms with Crippen molar-refractivity contribution in [1.29, 1.82) is 0 Å². The largest absolute Gasteiger partial charge is 0.481 e. The molecule has 0 aliphatic rings. The minimum Gasteiger partial charge on any atom is -0.481 e. The van der Waals surface area contributed by atoms with E-state index in [2.05, 4.69) is 0 Å². The highest BCUT2D eigenvalue weighted by Crippen LogP contribution is 1.94. The van der Waals surface area contributed by atoms with E-state index in [9.17, 15) is 9.59 Å². The predicted octanol–water partition coefficient (Wildman–Crippen LogP) is -0.0274. The van der Waals surface area contributed by atoms with E-state index in [-0.39, 0.29) is 25.5 Å². The summed E-state index contributed by atoms with van der Waals surface area (Å²) in [6, 6.07) is 0. The summed E-state index contributed by atoms with van der Waals surface area (Å²) in [4.78, 5) is 23.3.